The first kappa shape index (κ1) is 14.6. The third kappa shape index (κ3) is 2.27. The van der Waals surface area contributed by atoms with E-state index in [0.717, 1.165) is 6.42 Å². The van der Waals surface area contributed by atoms with Crippen LogP contribution in [0.5, 0.6) is 0 Å². The Labute approximate surface area is 133 Å². The summed E-state index contributed by atoms with van der Waals surface area (Å²) in [5, 5.41) is 0. The van der Waals surface area contributed by atoms with Crippen molar-refractivity contribution in [3.8, 4) is 0 Å². The Kier molecular flexibility index (Phi) is 3.89. The third-order valence-corrected chi connectivity index (χ3v) is 4.58. The molecule has 1 aliphatic heterocycles. The molecule has 22 heavy (non-hydrogen) atoms. The SMILES string of the molecule is CC=C1N(C)C=C(C)CC1(c1ccccc1)c1ccccc1. The van der Waals surface area contributed by atoms with Crippen molar-refractivity contribution in [2.75, 3.05) is 7.05 Å². The quantitative estimate of drug-likeness (QED) is 0.742. The van der Waals surface area contributed by atoms with Crippen molar-refractivity contribution in [3.05, 3.63) is 95.3 Å². The van der Waals surface area contributed by atoms with Crippen molar-refractivity contribution >= 4 is 0 Å². The molecule has 0 unspecified atom stereocenters. The Morgan fingerprint density at radius 1 is 0.909 bits per heavy atom. The highest BCUT2D eigenvalue weighted by Crippen LogP contribution is 2.47. The molecule has 0 N–H and O–H groups in total. The highest BCUT2D eigenvalue weighted by atomic mass is 15.1. The maximum absolute atomic E-state index is 2.28. The molecular weight excluding hydrogens is 266 g/mol. The van der Waals surface area contributed by atoms with Gasteiger partial charge in [0.05, 0.1) is 5.41 Å². The van der Waals surface area contributed by atoms with Crippen LogP contribution in [-0.4, -0.2) is 11.9 Å². The van der Waals surface area contributed by atoms with Gasteiger partial charge in [0.1, 0.15) is 0 Å². The standard InChI is InChI=1S/C21H23N/c1-4-20-21(15-17(2)16-22(20)3,18-11-7-5-8-12-18)19-13-9-6-10-14-19/h4-14,16H,15H2,1-3H3. The molecule has 0 radical (unpaired) electrons. The van der Waals surface area contributed by atoms with Gasteiger partial charge in [-0.1, -0.05) is 72.3 Å². The molecule has 0 spiro atoms. The van der Waals surface area contributed by atoms with Gasteiger partial charge in [0, 0.05) is 18.9 Å². The molecule has 1 nitrogen and oxygen atoms in total. The molecule has 2 aromatic carbocycles. The smallest absolute Gasteiger partial charge is 0.0637 e. The number of hydrogen-bond acceptors (Lipinski definition) is 1. The van der Waals surface area contributed by atoms with Gasteiger partial charge in [0.2, 0.25) is 0 Å². The minimum atomic E-state index is -0.106. The van der Waals surface area contributed by atoms with Crippen molar-refractivity contribution in [1.29, 1.82) is 0 Å². The topological polar surface area (TPSA) is 3.24 Å². The van der Waals surface area contributed by atoms with Crippen molar-refractivity contribution in [2.45, 2.75) is 25.7 Å². The van der Waals surface area contributed by atoms with Crippen LogP contribution < -0.4 is 0 Å². The minimum absolute atomic E-state index is 0.106. The fourth-order valence-electron chi connectivity index (χ4n) is 3.82. The van der Waals surface area contributed by atoms with Gasteiger partial charge >= 0.3 is 0 Å². The molecule has 3 rings (SSSR count). The van der Waals surface area contributed by atoms with Crippen LogP contribution in [0.25, 0.3) is 0 Å². The molecular formula is C21H23N. The Balaban J connectivity index is 2.31. The molecule has 0 fully saturated rings. The number of nitrogens with zero attached hydrogens (tertiary/aromatic N) is 1. The summed E-state index contributed by atoms with van der Waals surface area (Å²) in [5.74, 6) is 0. The molecule has 0 aromatic heterocycles. The van der Waals surface area contributed by atoms with Crippen LogP contribution >= 0.6 is 0 Å². The van der Waals surface area contributed by atoms with E-state index in [1.807, 2.05) is 0 Å². The van der Waals surface area contributed by atoms with Gasteiger partial charge in [-0.2, -0.15) is 0 Å². The average Bonchev–Trinajstić information content (AvgIpc) is 2.55. The van der Waals surface area contributed by atoms with Crippen molar-refractivity contribution in [3.63, 3.8) is 0 Å². The Morgan fingerprint density at radius 3 is 1.86 bits per heavy atom. The molecule has 0 bridgehead atoms. The summed E-state index contributed by atoms with van der Waals surface area (Å²) in [6.45, 7) is 4.37. The summed E-state index contributed by atoms with van der Waals surface area (Å²) in [7, 11) is 2.15. The van der Waals surface area contributed by atoms with E-state index in [-0.39, 0.29) is 5.41 Å². The van der Waals surface area contributed by atoms with Crippen molar-refractivity contribution in [1.82, 2.24) is 4.90 Å². The predicted octanol–water partition coefficient (Wildman–Crippen LogP) is 5.12. The summed E-state index contributed by atoms with van der Waals surface area (Å²) in [5.41, 5.74) is 5.35. The molecule has 1 aliphatic rings. The lowest BCUT2D eigenvalue weighted by Gasteiger charge is -2.44. The normalized spacial score (nSPS) is 19.1. The molecule has 0 saturated carbocycles. The average molecular weight is 289 g/mol. The maximum Gasteiger partial charge on any atom is 0.0637 e. The predicted molar refractivity (Wildman–Crippen MR) is 93.6 cm³/mol. The number of likely N-dealkylation sites (N-methyl/N-ethyl adjacent to an activating group) is 1. The lowest BCUT2D eigenvalue weighted by atomic mass is 9.66. The van der Waals surface area contributed by atoms with E-state index in [1.54, 1.807) is 0 Å². The van der Waals surface area contributed by atoms with E-state index in [1.165, 1.54) is 22.4 Å². The van der Waals surface area contributed by atoms with Crippen LogP contribution in [-0.2, 0) is 5.41 Å². The molecule has 1 heterocycles. The first-order valence-electron chi connectivity index (χ1n) is 7.86. The van der Waals surface area contributed by atoms with Gasteiger partial charge in [0.15, 0.2) is 0 Å². The zero-order valence-corrected chi connectivity index (χ0v) is 13.6. The van der Waals surface area contributed by atoms with E-state index in [9.17, 15) is 0 Å². The van der Waals surface area contributed by atoms with Crippen molar-refractivity contribution < 1.29 is 0 Å². The van der Waals surface area contributed by atoms with Crippen LogP contribution in [0.2, 0.25) is 0 Å². The second kappa shape index (κ2) is 5.84. The second-order valence-corrected chi connectivity index (χ2v) is 6.07. The summed E-state index contributed by atoms with van der Waals surface area (Å²) in [6.07, 6.45) is 5.52. The summed E-state index contributed by atoms with van der Waals surface area (Å²) in [6, 6.07) is 21.8. The first-order chi connectivity index (χ1) is 10.7. The summed E-state index contributed by atoms with van der Waals surface area (Å²) in [4.78, 5) is 2.28. The van der Waals surface area contributed by atoms with E-state index in [4.69, 9.17) is 0 Å². The Hall–Kier alpha value is -2.28. The monoisotopic (exact) mass is 289 g/mol. The number of benzene rings is 2. The van der Waals surface area contributed by atoms with Gasteiger partial charge in [0.25, 0.3) is 0 Å². The highest BCUT2D eigenvalue weighted by Gasteiger charge is 2.41. The molecule has 0 aliphatic carbocycles. The van der Waals surface area contributed by atoms with E-state index >= 15 is 0 Å². The van der Waals surface area contributed by atoms with Crippen LogP contribution in [0.3, 0.4) is 0 Å². The van der Waals surface area contributed by atoms with Crippen LogP contribution in [0, 0.1) is 0 Å². The fraction of sp³-hybridized carbons (Fsp3) is 0.238. The van der Waals surface area contributed by atoms with Crippen LogP contribution in [0.4, 0.5) is 0 Å². The lowest BCUT2D eigenvalue weighted by Crippen LogP contribution is -2.39. The lowest BCUT2D eigenvalue weighted by molar-refractivity contribution is 0.401. The summed E-state index contributed by atoms with van der Waals surface area (Å²) >= 11 is 0. The largest absolute Gasteiger partial charge is 0.354 e. The third-order valence-electron chi connectivity index (χ3n) is 4.58. The second-order valence-electron chi connectivity index (χ2n) is 6.07. The zero-order chi connectivity index (χ0) is 15.6. The van der Waals surface area contributed by atoms with Gasteiger partial charge < -0.3 is 4.90 Å². The fourth-order valence-corrected chi connectivity index (χ4v) is 3.82. The minimum Gasteiger partial charge on any atom is -0.354 e. The Bertz CT molecular complexity index is 656. The van der Waals surface area contributed by atoms with Gasteiger partial charge in [-0.25, -0.2) is 0 Å². The molecule has 0 saturated heterocycles. The molecule has 0 amide bonds. The van der Waals surface area contributed by atoms with Crippen LogP contribution in [0.15, 0.2) is 84.2 Å². The Morgan fingerprint density at radius 2 is 1.41 bits per heavy atom. The number of allylic oxidation sites excluding steroid dienone is 3. The van der Waals surface area contributed by atoms with Gasteiger partial charge in [-0.05, 0) is 31.4 Å². The van der Waals surface area contributed by atoms with E-state index < -0.39 is 0 Å². The summed E-state index contributed by atoms with van der Waals surface area (Å²) < 4.78 is 0. The van der Waals surface area contributed by atoms with Gasteiger partial charge in [-0.3, -0.25) is 0 Å². The van der Waals surface area contributed by atoms with Gasteiger partial charge in [-0.15, -0.1) is 0 Å². The van der Waals surface area contributed by atoms with Crippen LogP contribution in [0.1, 0.15) is 31.4 Å². The van der Waals surface area contributed by atoms with E-state index in [2.05, 4.69) is 98.7 Å². The van der Waals surface area contributed by atoms with E-state index in [0.29, 0.717) is 0 Å². The maximum atomic E-state index is 2.28. The number of hydrogen-bond donors (Lipinski definition) is 0. The highest BCUT2D eigenvalue weighted by molar-refractivity contribution is 5.51. The first-order valence-corrected chi connectivity index (χ1v) is 7.86. The molecule has 112 valence electrons. The number of rotatable bonds is 2. The van der Waals surface area contributed by atoms with Crippen molar-refractivity contribution in [2.24, 2.45) is 0 Å². The zero-order valence-electron chi connectivity index (χ0n) is 13.6. The molecule has 0 atom stereocenters. The molecule has 2 aromatic rings. The molecule has 1 heteroatoms.